The molecule has 1 atom stereocenters. The van der Waals surface area contributed by atoms with Gasteiger partial charge >= 0.3 is 0 Å². The summed E-state index contributed by atoms with van der Waals surface area (Å²) in [5, 5.41) is 5.85. The maximum Gasteiger partial charge on any atom is 0.255 e. The lowest BCUT2D eigenvalue weighted by Gasteiger charge is -2.18. The summed E-state index contributed by atoms with van der Waals surface area (Å²) in [5.74, 6) is 0.0369. The second-order valence-corrected chi connectivity index (χ2v) is 6.36. The number of nitrogens with one attached hydrogen (secondary N) is 2. The highest BCUT2D eigenvalue weighted by Gasteiger charge is 2.14. The highest BCUT2D eigenvalue weighted by Crippen LogP contribution is 2.18. The number of carbonyl (C=O) groups is 2. The molecule has 0 fully saturated rings. The van der Waals surface area contributed by atoms with Crippen molar-refractivity contribution in [2.45, 2.75) is 33.7 Å². The van der Waals surface area contributed by atoms with E-state index in [4.69, 9.17) is 0 Å². The molecule has 0 aromatic heterocycles. The Morgan fingerprint density at radius 2 is 1.54 bits per heavy atom. The second-order valence-electron chi connectivity index (χ2n) is 6.36. The average molecular weight is 324 g/mol. The molecule has 2 rings (SSSR count). The van der Waals surface area contributed by atoms with Crippen molar-refractivity contribution in [3.05, 3.63) is 65.2 Å². The molecule has 126 valence electrons. The van der Waals surface area contributed by atoms with Crippen molar-refractivity contribution in [2.75, 3.05) is 5.32 Å². The first kappa shape index (κ1) is 17.7. The van der Waals surface area contributed by atoms with Crippen LogP contribution in [0, 0.1) is 12.8 Å². The highest BCUT2D eigenvalue weighted by atomic mass is 16.2. The van der Waals surface area contributed by atoms with Gasteiger partial charge in [0.1, 0.15) is 0 Å². The predicted octanol–water partition coefficient (Wildman–Crippen LogP) is 4.02. The minimum atomic E-state index is -0.188. The Kier molecular flexibility index (Phi) is 5.74. The molecule has 0 spiro atoms. The third-order valence-electron chi connectivity index (χ3n) is 4.14. The van der Waals surface area contributed by atoms with E-state index in [0.29, 0.717) is 22.7 Å². The van der Waals surface area contributed by atoms with Crippen molar-refractivity contribution in [2.24, 2.45) is 5.92 Å². The Labute approximate surface area is 143 Å². The van der Waals surface area contributed by atoms with Gasteiger partial charge < -0.3 is 10.6 Å². The first-order valence-electron chi connectivity index (χ1n) is 8.16. The number of benzene rings is 2. The number of hydrogen-bond acceptors (Lipinski definition) is 2. The fourth-order valence-corrected chi connectivity index (χ4v) is 2.14. The van der Waals surface area contributed by atoms with Crippen LogP contribution in [0.2, 0.25) is 0 Å². The lowest BCUT2D eigenvalue weighted by Crippen LogP contribution is -2.36. The van der Waals surface area contributed by atoms with E-state index >= 15 is 0 Å². The summed E-state index contributed by atoms with van der Waals surface area (Å²) in [6.07, 6.45) is 0. The molecule has 0 saturated carbocycles. The number of carbonyl (C=O) groups excluding carboxylic acids is 2. The molecule has 0 heterocycles. The standard InChI is InChI=1S/C20H24N2O2/c1-13(2)15(4)21-20(24)17-11-10-14(3)18(12-17)22-19(23)16-8-6-5-7-9-16/h5-13,15H,1-4H3,(H,21,24)(H,22,23). The van der Waals surface area contributed by atoms with Crippen LogP contribution in [0.5, 0.6) is 0 Å². The van der Waals surface area contributed by atoms with Crippen molar-refractivity contribution < 1.29 is 9.59 Å². The van der Waals surface area contributed by atoms with Crippen LogP contribution in [-0.2, 0) is 0 Å². The largest absolute Gasteiger partial charge is 0.349 e. The van der Waals surface area contributed by atoms with Gasteiger partial charge in [0.15, 0.2) is 0 Å². The topological polar surface area (TPSA) is 58.2 Å². The van der Waals surface area contributed by atoms with Crippen LogP contribution >= 0.6 is 0 Å². The maximum absolute atomic E-state index is 12.4. The maximum atomic E-state index is 12.4. The zero-order valence-corrected chi connectivity index (χ0v) is 14.6. The van der Waals surface area contributed by atoms with Gasteiger partial charge in [-0.25, -0.2) is 0 Å². The molecule has 0 bridgehead atoms. The summed E-state index contributed by atoms with van der Waals surface area (Å²) in [4.78, 5) is 24.7. The number of anilines is 1. The van der Waals surface area contributed by atoms with Crippen molar-refractivity contribution in [1.82, 2.24) is 5.32 Å². The summed E-state index contributed by atoms with van der Waals surface area (Å²) in [6.45, 7) is 8.01. The number of rotatable bonds is 5. The van der Waals surface area contributed by atoms with Gasteiger partial charge in [-0.15, -0.1) is 0 Å². The summed E-state index contributed by atoms with van der Waals surface area (Å²) in [7, 11) is 0. The summed E-state index contributed by atoms with van der Waals surface area (Å²) in [5.41, 5.74) is 2.68. The van der Waals surface area contributed by atoms with Crippen molar-refractivity contribution in [1.29, 1.82) is 0 Å². The molecule has 0 aliphatic carbocycles. The molecule has 2 amide bonds. The van der Waals surface area contributed by atoms with E-state index in [-0.39, 0.29) is 17.9 Å². The Bertz CT molecular complexity index is 724. The van der Waals surface area contributed by atoms with Crippen molar-refractivity contribution >= 4 is 17.5 Å². The lowest BCUT2D eigenvalue weighted by atomic mass is 10.0. The Hall–Kier alpha value is -2.62. The van der Waals surface area contributed by atoms with E-state index in [2.05, 4.69) is 24.5 Å². The molecule has 4 nitrogen and oxygen atoms in total. The molecule has 1 unspecified atom stereocenters. The summed E-state index contributed by atoms with van der Waals surface area (Å²) < 4.78 is 0. The lowest BCUT2D eigenvalue weighted by molar-refractivity contribution is 0.0929. The zero-order valence-electron chi connectivity index (χ0n) is 14.6. The van der Waals surface area contributed by atoms with Gasteiger partial charge in [-0.05, 0) is 49.6 Å². The number of aryl methyl sites for hydroxylation is 1. The van der Waals surface area contributed by atoms with Crippen LogP contribution in [0.4, 0.5) is 5.69 Å². The van der Waals surface area contributed by atoms with E-state index in [9.17, 15) is 9.59 Å². The van der Waals surface area contributed by atoms with E-state index in [1.54, 1.807) is 24.3 Å². The summed E-state index contributed by atoms with van der Waals surface area (Å²) >= 11 is 0. The van der Waals surface area contributed by atoms with Crippen LogP contribution in [0.1, 0.15) is 47.1 Å². The predicted molar refractivity (Wildman–Crippen MR) is 97.3 cm³/mol. The minimum absolute atomic E-state index is 0.0844. The molecular formula is C20H24N2O2. The normalized spacial score (nSPS) is 11.9. The first-order valence-corrected chi connectivity index (χ1v) is 8.16. The zero-order chi connectivity index (χ0) is 17.7. The molecule has 0 aliphatic rings. The molecule has 2 aromatic carbocycles. The third kappa shape index (κ3) is 4.44. The average Bonchev–Trinajstić information content (AvgIpc) is 2.57. The first-order chi connectivity index (χ1) is 11.4. The van der Waals surface area contributed by atoms with Crippen LogP contribution in [0.3, 0.4) is 0 Å². The summed E-state index contributed by atoms with van der Waals surface area (Å²) in [6, 6.07) is 14.4. The molecule has 24 heavy (non-hydrogen) atoms. The fraction of sp³-hybridized carbons (Fsp3) is 0.300. The van der Waals surface area contributed by atoms with E-state index in [1.165, 1.54) is 0 Å². The highest BCUT2D eigenvalue weighted by molar-refractivity contribution is 6.05. The Morgan fingerprint density at radius 1 is 0.875 bits per heavy atom. The van der Waals surface area contributed by atoms with Crippen LogP contribution in [-0.4, -0.2) is 17.9 Å². The molecule has 2 N–H and O–H groups in total. The quantitative estimate of drug-likeness (QED) is 0.872. The van der Waals surface area contributed by atoms with Crippen LogP contribution in [0.15, 0.2) is 48.5 Å². The SMILES string of the molecule is Cc1ccc(C(=O)NC(C)C(C)C)cc1NC(=O)c1ccccc1. The molecular weight excluding hydrogens is 300 g/mol. The fourth-order valence-electron chi connectivity index (χ4n) is 2.14. The van der Waals surface area contributed by atoms with E-state index in [1.807, 2.05) is 38.1 Å². The Morgan fingerprint density at radius 3 is 2.17 bits per heavy atom. The molecule has 0 saturated heterocycles. The van der Waals surface area contributed by atoms with Gasteiger partial charge in [0, 0.05) is 22.9 Å². The second kappa shape index (κ2) is 7.77. The number of hydrogen-bond donors (Lipinski definition) is 2. The Balaban J connectivity index is 2.17. The van der Waals surface area contributed by atoms with E-state index < -0.39 is 0 Å². The van der Waals surface area contributed by atoms with Gasteiger partial charge in [-0.1, -0.05) is 38.1 Å². The van der Waals surface area contributed by atoms with Crippen LogP contribution < -0.4 is 10.6 Å². The molecule has 2 aromatic rings. The van der Waals surface area contributed by atoms with Gasteiger partial charge in [0.25, 0.3) is 11.8 Å². The van der Waals surface area contributed by atoms with Gasteiger partial charge in [0.2, 0.25) is 0 Å². The monoisotopic (exact) mass is 324 g/mol. The third-order valence-corrected chi connectivity index (χ3v) is 4.14. The molecule has 0 aliphatic heterocycles. The molecule has 0 radical (unpaired) electrons. The van der Waals surface area contributed by atoms with Crippen molar-refractivity contribution in [3.8, 4) is 0 Å². The van der Waals surface area contributed by atoms with Gasteiger partial charge in [-0.2, -0.15) is 0 Å². The van der Waals surface area contributed by atoms with Crippen LogP contribution in [0.25, 0.3) is 0 Å². The van der Waals surface area contributed by atoms with Crippen molar-refractivity contribution in [3.63, 3.8) is 0 Å². The minimum Gasteiger partial charge on any atom is -0.349 e. The number of amides is 2. The van der Waals surface area contributed by atoms with Gasteiger partial charge in [-0.3, -0.25) is 9.59 Å². The van der Waals surface area contributed by atoms with Gasteiger partial charge in [0.05, 0.1) is 0 Å². The van der Waals surface area contributed by atoms with E-state index in [0.717, 1.165) is 5.56 Å². The smallest absolute Gasteiger partial charge is 0.255 e. The molecule has 4 heteroatoms.